The van der Waals surface area contributed by atoms with Gasteiger partial charge in [0.05, 0.1) is 16.4 Å². The predicted molar refractivity (Wildman–Crippen MR) is 84.9 cm³/mol. The lowest BCUT2D eigenvalue weighted by molar-refractivity contribution is -0.142. The highest BCUT2D eigenvalue weighted by molar-refractivity contribution is 7.90. The molecular formula is C15H21N3O4S. The summed E-state index contributed by atoms with van der Waals surface area (Å²) in [5, 5.41) is 13.2. The van der Waals surface area contributed by atoms with Crippen molar-refractivity contribution >= 4 is 21.6 Å². The van der Waals surface area contributed by atoms with Crippen LogP contribution < -0.4 is 10.2 Å². The number of aliphatic hydroxyl groups excluding tert-OH is 1. The molecule has 7 nitrogen and oxygen atoms in total. The van der Waals surface area contributed by atoms with Crippen LogP contribution in [0.3, 0.4) is 0 Å². The zero-order valence-electron chi connectivity index (χ0n) is 13.0. The molecule has 1 aromatic rings. The second-order valence-corrected chi connectivity index (χ2v) is 8.38. The number of nitrogens with zero attached hydrogens (tertiary/aromatic N) is 2. The molecule has 3 rings (SSSR count). The maximum absolute atomic E-state index is 12.3. The van der Waals surface area contributed by atoms with Crippen LogP contribution >= 0.6 is 0 Å². The lowest BCUT2D eigenvalue weighted by Crippen LogP contribution is -2.61. The maximum atomic E-state index is 12.3. The van der Waals surface area contributed by atoms with Crippen LogP contribution in [-0.4, -0.2) is 56.4 Å². The number of anilines is 1. The SMILES string of the molecule is CS(=O)(=O)c1ccc(N2CC[C@H](O)[C@@]3(CCCNC3=O)C2)nc1. The summed E-state index contributed by atoms with van der Waals surface area (Å²) >= 11 is 0. The molecule has 8 heteroatoms. The van der Waals surface area contributed by atoms with Crippen LogP contribution in [0, 0.1) is 5.41 Å². The van der Waals surface area contributed by atoms with Gasteiger partial charge in [0.2, 0.25) is 5.91 Å². The Morgan fingerprint density at radius 2 is 2.22 bits per heavy atom. The van der Waals surface area contributed by atoms with Crippen molar-refractivity contribution in [2.24, 2.45) is 5.41 Å². The maximum Gasteiger partial charge on any atom is 0.230 e. The number of pyridine rings is 1. The van der Waals surface area contributed by atoms with Gasteiger partial charge in [-0.2, -0.15) is 0 Å². The van der Waals surface area contributed by atoms with Gasteiger partial charge in [0, 0.05) is 32.1 Å². The standard InChI is InChI=1S/C15H21N3O4S/c1-23(21,22)11-3-4-13(17-9-11)18-8-5-12(19)15(10-18)6-2-7-16-14(15)20/h3-4,9,12,19H,2,5-8,10H2,1H3,(H,16,20)/t12-,15+/m0/s1. The van der Waals surface area contributed by atoms with E-state index in [9.17, 15) is 18.3 Å². The number of nitrogens with one attached hydrogen (secondary N) is 1. The van der Waals surface area contributed by atoms with Crippen LogP contribution in [0.5, 0.6) is 0 Å². The summed E-state index contributed by atoms with van der Waals surface area (Å²) in [5.74, 6) is 0.524. The predicted octanol–water partition coefficient (Wildman–Crippen LogP) is -0.0475. The minimum absolute atomic E-state index is 0.103. The molecule has 126 valence electrons. The fourth-order valence-corrected chi connectivity index (χ4v) is 3.98. The third-order valence-corrected chi connectivity index (χ3v) is 5.89. The van der Waals surface area contributed by atoms with E-state index in [1.54, 1.807) is 6.07 Å². The van der Waals surface area contributed by atoms with Gasteiger partial charge >= 0.3 is 0 Å². The number of aromatic nitrogens is 1. The Hall–Kier alpha value is -1.67. The second kappa shape index (κ2) is 5.76. The van der Waals surface area contributed by atoms with Crippen molar-refractivity contribution in [1.82, 2.24) is 10.3 Å². The molecule has 2 fully saturated rings. The van der Waals surface area contributed by atoms with E-state index in [4.69, 9.17) is 0 Å². The number of carbonyl (C=O) groups is 1. The molecule has 2 N–H and O–H groups in total. The second-order valence-electron chi connectivity index (χ2n) is 6.37. The monoisotopic (exact) mass is 339 g/mol. The molecule has 2 aliphatic heterocycles. The third-order valence-electron chi connectivity index (χ3n) is 4.79. The van der Waals surface area contributed by atoms with E-state index in [1.807, 2.05) is 4.90 Å². The summed E-state index contributed by atoms with van der Waals surface area (Å²) in [4.78, 5) is 18.7. The third kappa shape index (κ3) is 2.92. The van der Waals surface area contributed by atoms with Gasteiger partial charge in [-0.1, -0.05) is 0 Å². The van der Waals surface area contributed by atoms with Crippen LogP contribution in [0.25, 0.3) is 0 Å². The van der Waals surface area contributed by atoms with Crippen molar-refractivity contribution in [3.05, 3.63) is 18.3 Å². The van der Waals surface area contributed by atoms with Crippen LogP contribution in [0.15, 0.2) is 23.2 Å². The van der Waals surface area contributed by atoms with E-state index in [1.165, 1.54) is 12.3 Å². The molecule has 3 heterocycles. The smallest absolute Gasteiger partial charge is 0.230 e. The van der Waals surface area contributed by atoms with Crippen molar-refractivity contribution < 1.29 is 18.3 Å². The highest BCUT2D eigenvalue weighted by Crippen LogP contribution is 2.38. The number of hydrogen-bond acceptors (Lipinski definition) is 6. The number of rotatable bonds is 2. The van der Waals surface area contributed by atoms with Gasteiger partial charge in [0.15, 0.2) is 9.84 Å². The van der Waals surface area contributed by atoms with Gasteiger partial charge in [-0.05, 0) is 31.4 Å². The molecule has 0 aromatic carbocycles. The van der Waals surface area contributed by atoms with Gasteiger partial charge in [-0.15, -0.1) is 0 Å². The molecule has 1 spiro atoms. The van der Waals surface area contributed by atoms with Crippen LogP contribution in [0.1, 0.15) is 19.3 Å². The Labute approximate surface area is 135 Å². The topological polar surface area (TPSA) is 99.6 Å². The van der Waals surface area contributed by atoms with Crippen molar-refractivity contribution in [2.45, 2.75) is 30.3 Å². The van der Waals surface area contributed by atoms with Crippen molar-refractivity contribution in [1.29, 1.82) is 0 Å². The number of carbonyl (C=O) groups excluding carboxylic acids is 1. The summed E-state index contributed by atoms with van der Waals surface area (Å²) < 4.78 is 23.0. The van der Waals surface area contributed by atoms with E-state index in [0.29, 0.717) is 38.3 Å². The van der Waals surface area contributed by atoms with E-state index >= 15 is 0 Å². The highest BCUT2D eigenvalue weighted by Gasteiger charge is 2.50. The van der Waals surface area contributed by atoms with Crippen molar-refractivity contribution in [2.75, 3.05) is 30.8 Å². The number of aliphatic hydroxyl groups is 1. The zero-order chi connectivity index (χ0) is 16.7. The van der Waals surface area contributed by atoms with Gasteiger partial charge in [0.25, 0.3) is 0 Å². The largest absolute Gasteiger partial charge is 0.392 e. The average molecular weight is 339 g/mol. The summed E-state index contributed by atoms with van der Waals surface area (Å²) in [6.45, 7) is 1.63. The van der Waals surface area contributed by atoms with E-state index in [2.05, 4.69) is 10.3 Å². The molecule has 0 radical (unpaired) electrons. The first kappa shape index (κ1) is 16.2. The van der Waals surface area contributed by atoms with Crippen molar-refractivity contribution in [3.63, 3.8) is 0 Å². The fraction of sp³-hybridized carbons (Fsp3) is 0.600. The normalized spacial score (nSPS) is 28.7. The average Bonchev–Trinajstić information content (AvgIpc) is 2.52. The van der Waals surface area contributed by atoms with E-state index in [0.717, 1.165) is 12.7 Å². The summed E-state index contributed by atoms with van der Waals surface area (Å²) in [6, 6.07) is 3.18. The Balaban J connectivity index is 1.85. The summed E-state index contributed by atoms with van der Waals surface area (Å²) in [7, 11) is -3.28. The van der Waals surface area contributed by atoms with Crippen LogP contribution in [0.2, 0.25) is 0 Å². The fourth-order valence-electron chi connectivity index (χ4n) is 3.42. The number of amides is 1. The Morgan fingerprint density at radius 1 is 1.43 bits per heavy atom. The number of hydrogen-bond donors (Lipinski definition) is 2. The summed E-state index contributed by atoms with van der Waals surface area (Å²) in [5.41, 5.74) is -0.798. The molecule has 2 saturated heterocycles. The molecule has 23 heavy (non-hydrogen) atoms. The van der Waals surface area contributed by atoms with Gasteiger partial charge in [-0.25, -0.2) is 13.4 Å². The lowest BCUT2D eigenvalue weighted by Gasteiger charge is -2.47. The Bertz CT molecular complexity index is 704. The molecule has 1 amide bonds. The minimum Gasteiger partial charge on any atom is -0.392 e. The van der Waals surface area contributed by atoms with Crippen molar-refractivity contribution in [3.8, 4) is 0 Å². The highest BCUT2D eigenvalue weighted by atomic mass is 32.2. The van der Waals surface area contributed by atoms with Gasteiger partial charge in [-0.3, -0.25) is 4.79 Å². The summed E-state index contributed by atoms with van der Waals surface area (Å²) in [6.07, 6.45) is 3.80. The molecule has 1 aromatic heterocycles. The van der Waals surface area contributed by atoms with Gasteiger partial charge in [0.1, 0.15) is 5.82 Å². The first-order valence-corrected chi connectivity index (χ1v) is 9.59. The Morgan fingerprint density at radius 3 is 2.83 bits per heavy atom. The van der Waals surface area contributed by atoms with E-state index in [-0.39, 0.29) is 10.8 Å². The number of piperidine rings is 2. The number of sulfone groups is 1. The molecule has 0 aliphatic carbocycles. The van der Waals surface area contributed by atoms with Gasteiger partial charge < -0.3 is 15.3 Å². The molecule has 2 aliphatic rings. The van der Waals surface area contributed by atoms with E-state index < -0.39 is 21.4 Å². The first-order valence-electron chi connectivity index (χ1n) is 7.70. The molecule has 0 unspecified atom stereocenters. The quantitative estimate of drug-likeness (QED) is 0.784. The minimum atomic E-state index is -3.28. The molecular weight excluding hydrogens is 318 g/mol. The van der Waals surface area contributed by atoms with Crippen LogP contribution in [0.4, 0.5) is 5.82 Å². The molecule has 2 atom stereocenters. The molecule has 0 bridgehead atoms. The molecule has 0 saturated carbocycles. The first-order chi connectivity index (χ1) is 10.8. The Kier molecular flexibility index (Phi) is 4.05. The van der Waals surface area contributed by atoms with Crippen LogP contribution in [-0.2, 0) is 14.6 Å². The zero-order valence-corrected chi connectivity index (χ0v) is 13.8. The lowest BCUT2D eigenvalue weighted by atomic mass is 9.71.